The number of hydrogen-bond donors (Lipinski definition) is 1. The van der Waals surface area contributed by atoms with E-state index in [2.05, 4.69) is 43.1 Å². The van der Waals surface area contributed by atoms with E-state index in [4.69, 9.17) is 0 Å². The van der Waals surface area contributed by atoms with Crippen molar-refractivity contribution in [3.63, 3.8) is 0 Å². The van der Waals surface area contributed by atoms with Crippen LogP contribution in [0.15, 0.2) is 30.3 Å². The van der Waals surface area contributed by atoms with Gasteiger partial charge in [-0.15, -0.1) is 0 Å². The third-order valence-electron chi connectivity index (χ3n) is 5.05. The maximum Gasteiger partial charge on any atom is 0.305 e. The third kappa shape index (κ3) is 4.07. The van der Waals surface area contributed by atoms with Crippen LogP contribution >= 0.6 is 0 Å². The van der Waals surface area contributed by atoms with E-state index < -0.39 is 5.97 Å². The van der Waals surface area contributed by atoms with Crippen molar-refractivity contribution >= 4 is 5.97 Å². The fourth-order valence-corrected chi connectivity index (χ4v) is 3.71. The van der Waals surface area contributed by atoms with Crippen molar-refractivity contribution < 1.29 is 9.90 Å². The monoisotopic (exact) mass is 289 g/mol. The molecule has 1 atom stereocenters. The molecule has 1 aliphatic carbocycles. The molecule has 1 N–H and O–H groups in total. The lowest BCUT2D eigenvalue weighted by molar-refractivity contribution is -0.141. The van der Waals surface area contributed by atoms with Crippen LogP contribution in [0.5, 0.6) is 0 Å². The summed E-state index contributed by atoms with van der Waals surface area (Å²) in [5, 5.41) is 9.32. The summed E-state index contributed by atoms with van der Waals surface area (Å²) < 4.78 is 0. The molecule has 1 saturated carbocycles. The molecular formula is C18H27NO2. The normalized spacial score (nSPS) is 19.4. The second-order valence-electron chi connectivity index (χ2n) is 6.51. The van der Waals surface area contributed by atoms with Crippen molar-refractivity contribution in [2.45, 2.75) is 63.5 Å². The zero-order valence-electron chi connectivity index (χ0n) is 13.2. The van der Waals surface area contributed by atoms with Crippen LogP contribution in [0.1, 0.15) is 51.0 Å². The molecule has 3 nitrogen and oxygen atoms in total. The number of benzene rings is 1. The zero-order chi connectivity index (χ0) is 15.3. The summed E-state index contributed by atoms with van der Waals surface area (Å²) in [7, 11) is 2.11. The van der Waals surface area contributed by atoms with Gasteiger partial charge in [0, 0.05) is 11.6 Å². The van der Waals surface area contributed by atoms with Gasteiger partial charge in [0.1, 0.15) is 0 Å². The van der Waals surface area contributed by atoms with Gasteiger partial charge in [0.05, 0.1) is 6.42 Å². The molecule has 116 valence electrons. The van der Waals surface area contributed by atoms with E-state index in [0.717, 1.165) is 32.1 Å². The van der Waals surface area contributed by atoms with Crippen molar-refractivity contribution in [3.8, 4) is 0 Å². The maximum absolute atomic E-state index is 11.3. The Morgan fingerprint density at radius 1 is 1.24 bits per heavy atom. The topological polar surface area (TPSA) is 40.5 Å². The highest BCUT2D eigenvalue weighted by Crippen LogP contribution is 2.37. The summed E-state index contributed by atoms with van der Waals surface area (Å²) in [6.07, 6.45) is 6.79. The second-order valence-corrected chi connectivity index (χ2v) is 6.51. The van der Waals surface area contributed by atoms with Crippen LogP contribution in [0.3, 0.4) is 0 Å². The zero-order valence-corrected chi connectivity index (χ0v) is 13.2. The summed E-state index contributed by atoms with van der Waals surface area (Å²) in [6.45, 7) is 2.21. The lowest BCUT2D eigenvalue weighted by atomic mass is 9.77. The molecule has 0 radical (unpaired) electrons. The fraction of sp³-hybridized carbons (Fsp3) is 0.611. The summed E-state index contributed by atoms with van der Waals surface area (Å²) in [4.78, 5) is 13.7. The number of hydrogen-bond acceptors (Lipinski definition) is 2. The molecule has 1 aliphatic rings. The molecule has 2 rings (SSSR count). The number of rotatable bonds is 6. The van der Waals surface area contributed by atoms with Crippen molar-refractivity contribution in [1.82, 2.24) is 4.90 Å². The molecule has 0 saturated heterocycles. The van der Waals surface area contributed by atoms with E-state index in [1.807, 2.05) is 6.07 Å². The van der Waals surface area contributed by atoms with Gasteiger partial charge in [-0.05, 0) is 38.8 Å². The van der Waals surface area contributed by atoms with Gasteiger partial charge in [-0.1, -0.05) is 49.6 Å². The summed E-state index contributed by atoms with van der Waals surface area (Å²) in [5.74, 6) is -0.671. The van der Waals surface area contributed by atoms with E-state index >= 15 is 0 Å². The Morgan fingerprint density at radius 3 is 2.43 bits per heavy atom. The quantitative estimate of drug-likeness (QED) is 0.867. The Kier molecular flexibility index (Phi) is 5.40. The van der Waals surface area contributed by atoms with Gasteiger partial charge in [0.15, 0.2) is 0 Å². The Hall–Kier alpha value is -1.35. The van der Waals surface area contributed by atoms with Gasteiger partial charge < -0.3 is 5.11 Å². The Balaban J connectivity index is 2.09. The number of aliphatic carboxylic acids is 1. The minimum atomic E-state index is -0.671. The van der Waals surface area contributed by atoms with Gasteiger partial charge in [-0.2, -0.15) is 0 Å². The lowest BCUT2D eigenvalue weighted by Gasteiger charge is -2.47. The maximum atomic E-state index is 11.3. The largest absolute Gasteiger partial charge is 0.481 e. The summed E-state index contributed by atoms with van der Waals surface area (Å²) >= 11 is 0. The van der Waals surface area contributed by atoms with E-state index in [1.165, 1.54) is 12.0 Å². The van der Waals surface area contributed by atoms with Crippen LogP contribution in [-0.2, 0) is 11.2 Å². The van der Waals surface area contributed by atoms with Crippen molar-refractivity contribution in [2.24, 2.45) is 0 Å². The highest BCUT2D eigenvalue weighted by molar-refractivity contribution is 5.68. The standard InChI is InChI=1S/C18H27NO2/c1-15(13-16-9-5-3-6-10-16)19(2)18(14-17(20)21)11-7-4-8-12-18/h3,5-6,9-10,15H,4,7-8,11-14H2,1-2H3,(H,20,21). The Bertz CT molecular complexity index is 452. The van der Waals surface area contributed by atoms with Crippen LogP contribution < -0.4 is 0 Å². The minimum absolute atomic E-state index is 0.154. The molecule has 21 heavy (non-hydrogen) atoms. The minimum Gasteiger partial charge on any atom is -0.481 e. The number of carbonyl (C=O) groups is 1. The van der Waals surface area contributed by atoms with Crippen LogP contribution in [-0.4, -0.2) is 34.6 Å². The predicted octanol–water partition coefficient (Wildman–Crippen LogP) is 3.73. The molecule has 1 fully saturated rings. The van der Waals surface area contributed by atoms with Gasteiger partial charge in [0.25, 0.3) is 0 Å². The fourth-order valence-electron chi connectivity index (χ4n) is 3.71. The van der Waals surface area contributed by atoms with Gasteiger partial charge in [-0.25, -0.2) is 0 Å². The average Bonchev–Trinajstić information content (AvgIpc) is 2.47. The molecule has 0 aliphatic heterocycles. The smallest absolute Gasteiger partial charge is 0.305 e. The first kappa shape index (κ1) is 16.0. The highest BCUT2D eigenvalue weighted by atomic mass is 16.4. The molecule has 0 spiro atoms. The van der Waals surface area contributed by atoms with Crippen LogP contribution in [0.25, 0.3) is 0 Å². The molecule has 0 bridgehead atoms. The highest BCUT2D eigenvalue weighted by Gasteiger charge is 2.39. The van der Waals surface area contributed by atoms with Gasteiger partial charge in [0.2, 0.25) is 0 Å². The average molecular weight is 289 g/mol. The van der Waals surface area contributed by atoms with Crippen molar-refractivity contribution in [3.05, 3.63) is 35.9 Å². The summed E-state index contributed by atoms with van der Waals surface area (Å²) in [5.41, 5.74) is 1.16. The molecule has 1 aromatic rings. The lowest BCUT2D eigenvalue weighted by Crippen LogP contribution is -2.53. The number of likely N-dealkylation sites (N-methyl/N-ethyl adjacent to an activating group) is 1. The van der Waals surface area contributed by atoms with E-state index in [9.17, 15) is 9.90 Å². The first-order chi connectivity index (χ1) is 10.0. The molecular weight excluding hydrogens is 262 g/mol. The molecule has 0 aromatic heterocycles. The van der Waals surface area contributed by atoms with E-state index in [1.54, 1.807) is 0 Å². The molecule has 3 heteroatoms. The third-order valence-corrected chi connectivity index (χ3v) is 5.05. The Morgan fingerprint density at radius 2 is 1.86 bits per heavy atom. The first-order valence-electron chi connectivity index (χ1n) is 8.02. The van der Waals surface area contributed by atoms with Gasteiger partial charge in [-0.3, -0.25) is 9.69 Å². The molecule has 1 aromatic carbocycles. The molecule has 0 amide bonds. The molecule has 0 heterocycles. The number of carboxylic acid groups (broad SMARTS) is 1. The summed E-state index contributed by atoms with van der Waals surface area (Å²) in [6, 6.07) is 10.8. The second kappa shape index (κ2) is 7.08. The van der Waals surface area contributed by atoms with Crippen LogP contribution in [0, 0.1) is 0 Å². The van der Waals surface area contributed by atoms with Gasteiger partial charge >= 0.3 is 5.97 Å². The van der Waals surface area contributed by atoms with E-state index in [-0.39, 0.29) is 12.0 Å². The van der Waals surface area contributed by atoms with Crippen LogP contribution in [0.2, 0.25) is 0 Å². The number of carboxylic acids is 1. The van der Waals surface area contributed by atoms with Crippen LogP contribution in [0.4, 0.5) is 0 Å². The predicted molar refractivity (Wildman–Crippen MR) is 85.4 cm³/mol. The van der Waals surface area contributed by atoms with Crippen molar-refractivity contribution in [2.75, 3.05) is 7.05 Å². The first-order valence-corrected chi connectivity index (χ1v) is 8.02. The Labute approximate surface area is 128 Å². The van der Waals surface area contributed by atoms with E-state index in [0.29, 0.717) is 6.04 Å². The number of nitrogens with zero attached hydrogens (tertiary/aromatic N) is 1. The van der Waals surface area contributed by atoms with Crippen molar-refractivity contribution in [1.29, 1.82) is 0 Å². The molecule has 1 unspecified atom stereocenters. The SMILES string of the molecule is CC(Cc1ccccc1)N(C)C1(CC(=O)O)CCCCC1.